The van der Waals surface area contributed by atoms with E-state index in [1.807, 2.05) is 6.92 Å². The Morgan fingerprint density at radius 1 is 1.52 bits per heavy atom. The molecule has 2 rings (SSSR count). The van der Waals surface area contributed by atoms with E-state index in [2.05, 4.69) is 15.9 Å². The molecule has 1 unspecified atom stereocenters. The van der Waals surface area contributed by atoms with Gasteiger partial charge in [-0.25, -0.2) is 12.8 Å². The normalized spacial score (nSPS) is 20.7. The van der Waals surface area contributed by atoms with Gasteiger partial charge in [-0.15, -0.1) is 11.6 Å². The van der Waals surface area contributed by atoms with E-state index in [-0.39, 0.29) is 35.5 Å². The smallest absolute Gasteiger partial charge is 0.246 e. The molecule has 1 fully saturated rings. The van der Waals surface area contributed by atoms with Crippen molar-refractivity contribution < 1.29 is 17.5 Å². The highest BCUT2D eigenvalue weighted by Crippen LogP contribution is 2.28. The summed E-state index contributed by atoms with van der Waals surface area (Å²) in [6.45, 7) is 2.70. The Kier molecular flexibility index (Phi) is 5.65. The maximum Gasteiger partial charge on any atom is 0.246 e. The van der Waals surface area contributed by atoms with Gasteiger partial charge in [0.2, 0.25) is 10.0 Å². The summed E-state index contributed by atoms with van der Waals surface area (Å²) in [6.07, 6.45) is 0.552. The summed E-state index contributed by atoms with van der Waals surface area (Å²) in [5.74, 6) is -0.873. The first kappa shape index (κ1) is 17.1. The lowest BCUT2D eigenvalue weighted by Crippen LogP contribution is -2.45. The molecule has 8 heteroatoms. The second-order valence-corrected chi connectivity index (χ2v) is 7.86. The zero-order chi connectivity index (χ0) is 15.6. The second-order valence-electron chi connectivity index (χ2n) is 4.77. The van der Waals surface area contributed by atoms with Gasteiger partial charge in [0.15, 0.2) is 0 Å². The van der Waals surface area contributed by atoms with Crippen LogP contribution in [0, 0.1) is 5.82 Å². The lowest BCUT2D eigenvalue weighted by molar-refractivity contribution is -0.00283. The molecular formula is C13H16BrClFNO3S. The minimum atomic E-state index is -3.90. The standard InChI is InChI=1S/C13H16BrClFNO3S/c1-2-11-8-17(3-4-20-11)21(18,19)12-6-10(14)5-9(7-15)13(12)16/h5-6,11H,2-4,7-8H2,1H3. The molecule has 1 aromatic rings. The first-order chi connectivity index (χ1) is 9.90. The van der Waals surface area contributed by atoms with E-state index in [0.717, 1.165) is 0 Å². The van der Waals surface area contributed by atoms with Crippen molar-refractivity contribution in [1.82, 2.24) is 4.31 Å². The third-order valence-corrected chi connectivity index (χ3v) is 6.01. The molecule has 0 radical (unpaired) electrons. The van der Waals surface area contributed by atoms with Crippen LogP contribution in [0.4, 0.5) is 4.39 Å². The lowest BCUT2D eigenvalue weighted by atomic mass is 10.2. The minimum Gasteiger partial charge on any atom is -0.375 e. The van der Waals surface area contributed by atoms with Crippen LogP contribution in [-0.4, -0.2) is 38.5 Å². The number of hydrogen-bond donors (Lipinski definition) is 0. The quantitative estimate of drug-likeness (QED) is 0.730. The number of sulfonamides is 1. The van der Waals surface area contributed by atoms with Crippen LogP contribution < -0.4 is 0 Å². The van der Waals surface area contributed by atoms with E-state index in [9.17, 15) is 12.8 Å². The lowest BCUT2D eigenvalue weighted by Gasteiger charge is -2.31. The predicted molar refractivity (Wildman–Crippen MR) is 82.4 cm³/mol. The number of alkyl halides is 1. The molecule has 0 spiro atoms. The molecule has 0 N–H and O–H groups in total. The molecule has 1 atom stereocenters. The molecule has 0 saturated carbocycles. The van der Waals surface area contributed by atoms with Gasteiger partial charge in [0.05, 0.1) is 18.6 Å². The largest absolute Gasteiger partial charge is 0.375 e. The van der Waals surface area contributed by atoms with Gasteiger partial charge in [0, 0.05) is 23.1 Å². The highest BCUT2D eigenvalue weighted by Gasteiger charge is 2.33. The summed E-state index contributed by atoms with van der Waals surface area (Å²) in [5, 5.41) is 0. The SMILES string of the molecule is CCC1CN(S(=O)(=O)c2cc(Br)cc(CCl)c2F)CCO1. The van der Waals surface area contributed by atoms with Crippen LogP contribution in [0.3, 0.4) is 0 Å². The molecule has 0 aliphatic carbocycles. The molecule has 4 nitrogen and oxygen atoms in total. The Hall–Kier alpha value is -0.210. The first-order valence-corrected chi connectivity index (χ1v) is 9.32. The molecule has 0 aromatic heterocycles. The fourth-order valence-corrected chi connectivity index (χ4v) is 4.64. The Bertz CT molecular complexity index is 626. The van der Waals surface area contributed by atoms with Gasteiger partial charge in [-0.05, 0) is 18.6 Å². The van der Waals surface area contributed by atoms with E-state index in [0.29, 0.717) is 17.5 Å². The Morgan fingerprint density at radius 3 is 2.86 bits per heavy atom. The summed E-state index contributed by atoms with van der Waals surface area (Å²) in [6, 6.07) is 2.76. The maximum atomic E-state index is 14.3. The minimum absolute atomic E-state index is 0.0888. The Labute approximate surface area is 137 Å². The summed E-state index contributed by atoms with van der Waals surface area (Å²) in [4.78, 5) is -0.343. The van der Waals surface area contributed by atoms with Crippen molar-refractivity contribution in [2.45, 2.75) is 30.2 Å². The molecule has 1 aliphatic heterocycles. The number of benzene rings is 1. The van der Waals surface area contributed by atoms with Crippen molar-refractivity contribution in [1.29, 1.82) is 0 Å². The molecule has 1 heterocycles. The third kappa shape index (κ3) is 3.59. The molecule has 21 heavy (non-hydrogen) atoms. The van der Waals surface area contributed by atoms with Crippen LogP contribution in [0.15, 0.2) is 21.5 Å². The number of morpholine rings is 1. The van der Waals surface area contributed by atoms with Crippen LogP contribution in [0.5, 0.6) is 0 Å². The van der Waals surface area contributed by atoms with Crippen LogP contribution in [-0.2, 0) is 20.6 Å². The topological polar surface area (TPSA) is 46.6 Å². The van der Waals surface area contributed by atoms with Crippen LogP contribution >= 0.6 is 27.5 Å². The van der Waals surface area contributed by atoms with Gasteiger partial charge in [-0.2, -0.15) is 4.31 Å². The van der Waals surface area contributed by atoms with Crippen molar-refractivity contribution in [3.63, 3.8) is 0 Å². The average Bonchev–Trinajstić information content (AvgIpc) is 2.49. The van der Waals surface area contributed by atoms with Crippen LogP contribution in [0.25, 0.3) is 0 Å². The van der Waals surface area contributed by atoms with Crippen molar-refractivity contribution in [3.8, 4) is 0 Å². The zero-order valence-corrected chi connectivity index (χ0v) is 14.6. The molecule has 118 valence electrons. The maximum absolute atomic E-state index is 14.3. The summed E-state index contributed by atoms with van der Waals surface area (Å²) >= 11 is 8.87. The Balaban J connectivity index is 2.42. The van der Waals surface area contributed by atoms with E-state index in [1.165, 1.54) is 16.4 Å². The van der Waals surface area contributed by atoms with Crippen molar-refractivity contribution in [2.75, 3.05) is 19.7 Å². The van der Waals surface area contributed by atoms with Crippen molar-refractivity contribution in [3.05, 3.63) is 28.0 Å². The molecular weight excluding hydrogens is 385 g/mol. The third-order valence-electron chi connectivity index (χ3n) is 3.40. The van der Waals surface area contributed by atoms with E-state index < -0.39 is 15.8 Å². The van der Waals surface area contributed by atoms with Gasteiger partial charge in [-0.3, -0.25) is 0 Å². The Morgan fingerprint density at radius 2 is 2.24 bits per heavy atom. The highest BCUT2D eigenvalue weighted by molar-refractivity contribution is 9.10. The van der Waals surface area contributed by atoms with E-state index in [4.69, 9.17) is 16.3 Å². The average molecular weight is 401 g/mol. The monoisotopic (exact) mass is 399 g/mol. The number of ether oxygens (including phenoxy) is 1. The van der Waals surface area contributed by atoms with Gasteiger partial charge >= 0.3 is 0 Å². The van der Waals surface area contributed by atoms with E-state index >= 15 is 0 Å². The molecule has 0 amide bonds. The van der Waals surface area contributed by atoms with Crippen molar-refractivity contribution >= 4 is 37.6 Å². The summed E-state index contributed by atoms with van der Waals surface area (Å²) in [5.41, 5.74) is 0.157. The fraction of sp³-hybridized carbons (Fsp3) is 0.538. The summed E-state index contributed by atoms with van der Waals surface area (Å²) < 4.78 is 46.9. The van der Waals surface area contributed by atoms with Crippen molar-refractivity contribution in [2.24, 2.45) is 0 Å². The van der Waals surface area contributed by atoms with Crippen LogP contribution in [0.1, 0.15) is 18.9 Å². The molecule has 0 bridgehead atoms. The number of rotatable bonds is 4. The van der Waals surface area contributed by atoms with Gasteiger partial charge < -0.3 is 4.74 Å². The number of hydrogen-bond acceptors (Lipinski definition) is 3. The fourth-order valence-electron chi connectivity index (χ4n) is 2.20. The molecule has 1 saturated heterocycles. The number of halogens is 3. The molecule has 1 aromatic carbocycles. The predicted octanol–water partition coefficient (Wildman–Crippen LogP) is 3.13. The van der Waals surface area contributed by atoms with Gasteiger partial charge in [0.25, 0.3) is 0 Å². The van der Waals surface area contributed by atoms with Gasteiger partial charge in [0.1, 0.15) is 10.7 Å². The number of nitrogens with zero attached hydrogens (tertiary/aromatic N) is 1. The van der Waals surface area contributed by atoms with E-state index in [1.54, 1.807) is 0 Å². The van der Waals surface area contributed by atoms with Gasteiger partial charge in [-0.1, -0.05) is 22.9 Å². The zero-order valence-electron chi connectivity index (χ0n) is 11.5. The van der Waals surface area contributed by atoms with Crippen LogP contribution in [0.2, 0.25) is 0 Å². The second kappa shape index (κ2) is 6.91. The summed E-state index contributed by atoms with van der Waals surface area (Å²) in [7, 11) is -3.90. The highest BCUT2D eigenvalue weighted by atomic mass is 79.9. The molecule has 1 aliphatic rings. The first-order valence-electron chi connectivity index (χ1n) is 6.55.